The predicted octanol–water partition coefficient (Wildman–Crippen LogP) is 1.51. The Bertz CT molecular complexity index is 250. The van der Waals surface area contributed by atoms with Crippen molar-refractivity contribution in [2.24, 2.45) is 11.3 Å². The van der Waals surface area contributed by atoms with Gasteiger partial charge in [-0.05, 0) is 18.6 Å². The minimum absolute atomic E-state index is 0.0180. The van der Waals surface area contributed by atoms with Crippen LogP contribution >= 0.6 is 0 Å². The monoisotopic (exact) mass is 152 g/mol. The van der Waals surface area contributed by atoms with E-state index in [1.165, 1.54) is 5.57 Å². The molecule has 1 aliphatic heterocycles. The molecule has 2 atom stereocenters. The van der Waals surface area contributed by atoms with Crippen molar-refractivity contribution >= 4 is 5.97 Å². The summed E-state index contributed by atoms with van der Waals surface area (Å²) in [5, 5.41) is 0. The summed E-state index contributed by atoms with van der Waals surface area (Å²) in [4.78, 5) is 11.2. The Morgan fingerprint density at radius 3 is 2.73 bits per heavy atom. The highest BCUT2D eigenvalue weighted by Gasteiger charge is 2.59. The van der Waals surface area contributed by atoms with Gasteiger partial charge in [0, 0.05) is 5.41 Å². The van der Waals surface area contributed by atoms with Crippen molar-refractivity contribution in [1.82, 2.24) is 0 Å². The molecule has 11 heavy (non-hydrogen) atoms. The molecule has 2 nitrogen and oxygen atoms in total. The molecular weight excluding hydrogens is 140 g/mol. The molecule has 2 unspecified atom stereocenters. The zero-order valence-corrected chi connectivity index (χ0v) is 7.05. The third kappa shape index (κ3) is 0.753. The Morgan fingerprint density at radius 2 is 2.18 bits per heavy atom. The van der Waals surface area contributed by atoms with Crippen LogP contribution in [0.5, 0.6) is 0 Å². The molecule has 1 aliphatic carbocycles. The zero-order valence-electron chi connectivity index (χ0n) is 7.05. The molecular formula is C9H12O2. The summed E-state index contributed by atoms with van der Waals surface area (Å²) < 4.78 is 5.06. The normalized spacial score (nSPS) is 38.8. The van der Waals surface area contributed by atoms with Gasteiger partial charge in [-0.2, -0.15) is 0 Å². The Hall–Kier alpha value is -0.790. The van der Waals surface area contributed by atoms with E-state index in [4.69, 9.17) is 4.74 Å². The fourth-order valence-corrected chi connectivity index (χ4v) is 1.85. The lowest BCUT2D eigenvalue weighted by atomic mass is 10.1. The fraction of sp³-hybridized carbons (Fsp3) is 0.667. The summed E-state index contributed by atoms with van der Waals surface area (Å²) in [7, 11) is 0. The van der Waals surface area contributed by atoms with E-state index in [1.54, 1.807) is 0 Å². The smallest absolute Gasteiger partial charge is 0.314 e. The largest absolute Gasteiger partial charge is 0.458 e. The van der Waals surface area contributed by atoms with E-state index in [-0.39, 0.29) is 23.4 Å². The minimum Gasteiger partial charge on any atom is -0.458 e. The van der Waals surface area contributed by atoms with Crippen molar-refractivity contribution in [2.75, 3.05) is 0 Å². The second-order valence-corrected chi connectivity index (χ2v) is 3.92. The first-order chi connectivity index (χ1) is 5.03. The Balaban J connectivity index is 2.35. The van der Waals surface area contributed by atoms with E-state index in [0.717, 1.165) is 0 Å². The summed E-state index contributed by atoms with van der Waals surface area (Å²) in [5.74, 6) is 0.0266. The second-order valence-electron chi connectivity index (χ2n) is 3.92. The van der Waals surface area contributed by atoms with Crippen molar-refractivity contribution in [3.05, 3.63) is 11.6 Å². The van der Waals surface area contributed by atoms with Gasteiger partial charge < -0.3 is 4.74 Å². The SMILES string of the molecule is CC1C=C2C(C(=O)O1)C2(C)C. The minimum atomic E-state index is -0.0417. The lowest BCUT2D eigenvalue weighted by molar-refractivity contribution is -0.148. The highest BCUT2D eigenvalue weighted by Crippen LogP contribution is 2.60. The van der Waals surface area contributed by atoms with Crippen LogP contribution in [0.15, 0.2) is 11.6 Å². The summed E-state index contributed by atoms with van der Waals surface area (Å²) in [6.45, 7) is 6.07. The zero-order chi connectivity index (χ0) is 8.22. The first kappa shape index (κ1) is 6.89. The topological polar surface area (TPSA) is 26.3 Å². The molecule has 0 aromatic carbocycles. The maximum absolute atomic E-state index is 11.2. The number of esters is 1. The van der Waals surface area contributed by atoms with Crippen molar-refractivity contribution in [2.45, 2.75) is 26.9 Å². The maximum Gasteiger partial charge on any atom is 0.314 e. The Morgan fingerprint density at radius 1 is 1.55 bits per heavy atom. The molecule has 2 heteroatoms. The van der Waals surface area contributed by atoms with E-state index >= 15 is 0 Å². The van der Waals surface area contributed by atoms with Gasteiger partial charge in [0.25, 0.3) is 0 Å². The molecule has 2 rings (SSSR count). The molecule has 0 bridgehead atoms. The molecule has 0 spiro atoms. The third-order valence-corrected chi connectivity index (χ3v) is 2.65. The lowest BCUT2D eigenvalue weighted by Crippen LogP contribution is -2.18. The van der Waals surface area contributed by atoms with E-state index in [2.05, 4.69) is 19.9 Å². The number of carbonyl (C=O) groups is 1. The van der Waals surface area contributed by atoms with Gasteiger partial charge in [-0.25, -0.2) is 0 Å². The summed E-state index contributed by atoms with van der Waals surface area (Å²) in [5.41, 5.74) is 1.35. The van der Waals surface area contributed by atoms with Gasteiger partial charge in [0.05, 0.1) is 5.92 Å². The summed E-state index contributed by atoms with van der Waals surface area (Å²) >= 11 is 0. The number of rotatable bonds is 0. The second kappa shape index (κ2) is 1.68. The molecule has 1 heterocycles. The van der Waals surface area contributed by atoms with Crippen molar-refractivity contribution in [3.63, 3.8) is 0 Å². The summed E-state index contributed by atoms with van der Waals surface area (Å²) in [6, 6.07) is 0. The van der Waals surface area contributed by atoms with Crippen LogP contribution in [-0.2, 0) is 9.53 Å². The molecule has 0 saturated heterocycles. The highest BCUT2D eigenvalue weighted by molar-refractivity contribution is 5.85. The van der Waals surface area contributed by atoms with Gasteiger partial charge in [0.2, 0.25) is 0 Å². The van der Waals surface area contributed by atoms with Crippen LogP contribution in [0, 0.1) is 11.3 Å². The van der Waals surface area contributed by atoms with E-state index in [1.807, 2.05) is 6.92 Å². The number of carbonyl (C=O) groups excluding carboxylic acids is 1. The number of ether oxygens (including phenoxy) is 1. The van der Waals surface area contributed by atoms with Crippen molar-refractivity contribution in [1.29, 1.82) is 0 Å². The van der Waals surface area contributed by atoms with Crippen LogP contribution in [-0.4, -0.2) is 12.1 Å². The predicted molar refractivity (Wildman–Crippen MR) is 40.9 cm³/mol. The summed E-state index contributed by atoms with van der Waals surface area (Å²) in [6.07, 6.45) is 2.04. The van der Waals surface area contributed by atoms with Gasteiger partial charge in [-0.3, -0.25) is 4.79 Å². The maximum atomic E-state index is 11.2. The first-order valence-corrected chi connectivity index (χ1v) is 3.96. The molecule has 0 aromatic rings. The highest BCUT2D eigenvalue weighted by atomic mass is 16.5. The van der Waals surface area contributed by atoms with Crippen molar-refractivity contribution in [3.8, 4) is 0 Å². The van der Waals surface area contributed by atoms with Crippen molar-refractivity contribution < 1.29 is 9.53 Å². The average molecular weight is 152 g/mol. The molecule has 2 aliphatic rings. The van der Waals surface area contributed by atoms with E-state index < -0.39 is 0 Å². The Labute approximate surface area is 66.2 Å². The van der Waals surface area contributed by atoms with E-state index in [0.29, 0.717) is 0 Å². The van der Waals surface area contributed by atoms with Crippen LogP contribution in [0.3, 0.4) is 0 Å². The van der Waals surface area contributed by atoms with Gasteiger partial charge in [0.1, 0.15) is 6.10 Å². The standard InChI is InChI=1S/C9H12O2/c1-5-4-6-7(8(10)11-5)9(6,2)3/h4-5,7H,1-3H3. The van der Waals surface area contributed by atoms with E-state index in [9.17, 15) is 4.79 Å². The number of cyclic esters (lactones) is 1. The lowest BCUT2D eigenvalue weighted by Gasteiger charge is -2.11. The molecule has 0 N–H and O–H groups in total. The molecule has 60 valence electrons. The first-order valence-electron chi connectivity index (χ1n) is 3.96. The number of hydrogen-bond donors (Lipinski definition) is 0. The molecule has 0 aromatic heterocycles. The van der Waals surface area contributed by atoms with Gasteiger partial charge in [-0.1, -0.05) is 13.8 Å². The van der Waals surface area contributed by atoms with Gasteiger partial charge in [-0.15, -0.1) is 0 Å². The van der Waals surface area contributed by atoms with Crippen LogP contribution in [0.25, 0.3) is 0 Å². The number of hydrogen-bond acceptors (Lipinski definition) is 2. The Kier molecular flexibility index (Phi) is 1.05. The average Bonchev–Trinajstić information content (AvgIpc) is 2.34. The van der Waals surface area contributed by atoms with Crippen LogP contribution in [0.1, 0.15) is 20.8 Å². The molecule has 1 fully saturated rings. The van der Waals surface area contributed by atoms with Crippen LogP contribution < -0.4 is 0 Å². The third-order valence-electron chi connectivity index (χ3n) is 2.65. The quantitative estimate of drug-likeness (QED) is 0.388. The van der Waals surface area contributed by atoms with Crippen LogP contribution in [0.4, 0.5) is 0 Å². The fourth-order valence-electron chi connectivity index (χ4n) is 1.85. The van der Waals surface area contributed by atoms with Crippen LogP contribution in [0.2, 0.25) is 0 Å². The van der Waals surface area contributed by atoms with Gasteiger partial charge >= 0.3 is 5.97 Å². The molecule has 1 saturated carbocycles. The molecule has 0 amide bonds. The van der Waals surface area contributed by atoms with Gasteiger partial charge in [0.15, 0.2) is 0 Å². The number of fused-ring (bicyclic) bond motifs is 1. The molecule has 0 radical (unpaired) electrons.